The predicted octanol–water partition coefficient (Wildman–Crippen LogP) is 2.21. The Balaban J connectivity index is 2.01. The highest BCUT2D eigenvalue weighted by Crippen LogP contribution is 2.33. The molecule has 1 fully saturated rings. The number of hydrogen-bond acceptors (Lipinski definition) is 4. The number of halogens is 2. The number of benzene rings is 1. The van der Waals surface area contributed by atoms with Crippen LogP contribution < -0.4 is 0 Å². The van der Waals surface area contributed by atoms with Crippen molar-refractivity contribution >= 4 is 12.1 Å². The van der Waals surface area contributed by atoms with E-state index in [0.717, 1.165) is 17.6 Å². The fraction of sp³-hybridized carbons (Fsp3) is 0.429. The van der Waals surface area contributed by atoms with Crippen molar-refractivity contribution < 1.29 is 27.8 Å². The summed E-state index contributed by atoms with van der Waals surface area (Å²) in [6, 6.07) is 7.51. The predicted molar refractivity (Wildman–Crippen MR) is 68.7 cm³/mol. The quantitative estimate of drug-likeness (QED) is 0.803. The lowest BCUT2D eigenvalue weighted by atomic mass is 10.2. The van der Waals surface area contributed by atoms with E-state index in [4.69, 9.17) is 4.74 Å². The normalized spacial score (nSPS) is 20.1. The molecule has 0 bridgehead atoms. The van der Waals surface area contributed by atoms with Crippen LogP contribution in [0, 0.1) is 0 Å². The first-order chi connectivity index (χ1) is 9.93. The zero-order chi connectivity index (χ0) is 15.5. The summed E-state index contributed by atoms with van der Waals surface area (Å²) < 4.78 is 36.2. The molecule has 1 aromatic carbocycles. The van der Waals surface area contributed by atoms with Crippen LogP contribution in [0.15, 0.2) is 30.3 Å². The molecule has 0 unspecified atom stereocenters. The summed E-state index contributed by atoms with van der Waals surface area (Å²) in [4.78, 5) is 24.1. The second-order valence-electron chi connectivity index (χ2n) is 4.77. The van der Waals surface area contributed by atoms with Gasteiger partial charge in [-0.05, 0) is 5.56 Å². The van der Waals surface area contributed by atoms with Gasteiger partial charge in [0.25, 0.3) is 5.92 Å². The van der Waals surface area contributed by atoms with Gasteiger partial charge in [-0.3, -0.25) is 4.90 Å². The van der Waals surface area contributed by atoms with Crippen LogP contribution in [0.4, 0.5) is 13.6 Å². The summed E-state index contributed by atoms with van der Waals surface area (Å²) in [5, 5.41) is 0. The van der Waals surface area contributed by atoms with Crippen LogP contribution in [0.25, 0.3) is 0 Å². The van der Waals surface area contributed by atoms with E-state index in [0.29, 0.717) is 0 Å². The third-order valence-electron chi connectivity index (χ3n) is 3.18. The van der Waals surface area contributed by atoms with Crippen molar-refractivity contribution in [1.82, 2.24) is 4.90 Å². The molecule has 114 valence electrons. The number of rotatable bonds is 3. The Bertz CT molecular complexity index is 521. The SMILES string of the molecule is COC(=O)[C@H]1CC(F)(F)CN1C(=O)OCc1ccccc1. The Kier molecular flexibility index (Phi) is 4.40. The average Bonchev–Trinajstić information content (AvgIpc) is 2.81. The van der Waals surface area contributed by atoms with Crippen molar-refractivity contribution in [3.63, 3.8) is 0 Å². The van der Waals surface area contributed by atoms with E-state index in [1.54, 1.807) is 30.3 Å². The Morgan fingerprint density at radius 1 is 1.33 bits per heavy atom. The molecule has 1 saturated heterocycles. The van der Waals surface area contributed by atoms with Gasteiger partial charge in [-0.25, -0.2) is 18.4 Å². The minimum absolute atomic E-state index is 0.0460. The van der Waals surface area contributed by atoms with Crippen LogP contribution in [-0.4, -0.2) is 42.6 Å². The van der Waals surface area contributed by atoms with E-state index < -0.39 is 37.0 Å². The van der Waals surface area contributed by atoms with Crippen LogP contribution in [0.5, 0.6) is 0 Å². The van der Waals surface area contributed by atoms with Crippen molar-refractivity contribution in [2.45, 2.75) is 25.0 Å². The van der Waals surface area contributed by atoms with Crippen LogP contribution in [0.3, 0.4) is 0 Å². The summed E-state index contributed by atoms with van der Waals surface area (Å²) >= 11 is 0. The summed E-state index contributed by atoms with van der Waals surface area (Å²) in [7, 11) is 1.09. The molecule has 7 heteroatoms. The number of carbonyl (C=O) groups excluding carboxylic acids is 2. The maximum absolute atomic E-state index is 13.4. The topological polar surface area (TPSA) is 55.8 Å². The van der Waals surface area contributed by atoms with Gasteiger partial charge in [0.05, 0.1) is 13.7 Å². The molecule has 0 radical (unpaired) electrons. The molecule has 1 atom stereocenters. The summed E-state index contributed by atoms with van der Waals surface area (Å²) in [6.45, 7) is -0.893. The number of hydrogen-bond donors (Lipinski definition) is 0. The van der Waals surface area contributed by atoms with Gasteiger partial charge in [0.15, 0.2) is 0 Å². The molecule has 0 spiro atoms. The summed E-state index contributed by atoms with van der Waals surface area (Å²) in [6.07, 6.45) is -1.70. The van der Waals surface area contributed by atoms with Gasteiger partial charge in [-0.15, -0.1) is 0 Å². The summed E-state index contributed by atoms with van der Waals surface area (Å²) in [5.74, 6) is -3.99. The van der Waals surface area contributed by atoms with Gasteiger partial charge in [0.2, 0.25) is 0 Å². The Morgan fingerprint density at radius 2 is 2.00 bits per heavy atom. The molecule has 0 N–H and O–H groups in total. The first kappa shape index (κ1) is 15.2. The monoisotopic (exact) mass is 299 g/mol. The van der Waals surface area contributed by atoms with E-state index in [1.807, 2.05) is 0 Å². The van der Waals surface area contributed by atoms with E-state index in [2.05, 4.69) is 4.74 Å². The second kappa shape index (κ2) is 6.07. The first-order valence-corrected chi connectivity index (χ1v) is 6.36. The van der Waals surface area contributed by atoms with Gasteiger partial charge < -0.3 is 9.47 Å². The van der Waals surface area contributed by atoms with Crippen molar-refractivity contribution in [3.05, 3.63) is 35.9 Å². The highest BCUT2D eigenvalue weighted by molar-refractivity contribution is 5.82. The molecule has 1 amide bonds. The van der Waals surface area contributed by atoms with Crippen LogP contribution in [0.2, 0.25) is 0 Å². The number of likely N-dealkylation sites (tertiary alicyclic amines) is 1. The molecule has 0 aliphatic carbocycles. The first-order valence-electron chi connectivity index (χ1n) is 6.36. The molecule has 0 aromatic heterocycles. The maximum Gasteiger partial charge on any atom is 0.411 e. The van der Waals surface area contributed by atoms with E-state index in [-0.39, 0.29) is 6.61 Å². The number of nitrogens with zero attached hydrogens (tertiary/aromatic N) is 1. The molecule has 1 heterocycles. The van der Waals surface area contributed by atoms with Crippen molar-refractivity contribution in [1.29, 1.82) is 0 Å². The van der Waals surface area contributed by atoms with Gasteiger partial charge in [0.1, 0.15) is 12.6 Å². The summed E-state index contributed by atoms with van der Waals surface area (Å²) in [5.41, 5.74) is 0.728. The largest absolute Gasteiger partial charge is 0.467 e. The lowest BCUT2D eigenvalue weighted by Gasteiger charge is -2.21. The molecular weight excluding hydrogens is 284 g/mol. The number of amides is 1. The molecule has 21 heavy (non-hydrogen) atoms. The molecule has 2 rings (SSSR count). The van der Waals surface area contributed by atoms with Crippen molar-refractivity contribution in [2.75, 3.05) is 13.7 Å². The van der Waals surface area contributed by atoms with Gasteiger partial charge >= 0.3 is 12.1 Å². The molecule has 1 aromatic rings. The molecule has 0 saturated carbocycles. The van der Waals surface area contributed by atoms with Crippen LogP contribution >= 0.6 is 0 Å². The van der Waals surface area contributed by atoms with Gasteiger partial charge in [-0.2, -0.15) is 0 Å². The number of carbonyl (C=O) groups is 2. The zero-order valence-electron chi connectivity index (χ0n) is 11.4. The Labute approximate surface area is 120 Å². The highest BCUT2D eigenvalue weighted by Gasteiger charge is 2.51. The minimum atomic E-state index is -3.12. The second-order valence-corrected chi connectivity index (χ2v) is 4.77. The third kappa shape index (κ3) is 3.68. The third-order valence-corrected chi connectivity index (χ3v) is 3.18. The average molecular weight is 299 g/mol. The standard InChI is InChI=1S/C14H15F2NO4/c1-20-12(18)11-7-14(15,16)9-17(11)13(19)21-8-10-5-3-2-4-6-10/h2-6,11H,7-9H2,1H3/t11-/m1/s1. The smallest absolute Gasteiger partial charge is 0.411 e. The molecule has 1 aliphatic heterocycles. The molecular formula is C14H15F2NO4. The fourth-order valence-corrected chi connectivity index (χ4v) is 2.16. The van der Waals surface area contributed by atoms with E-state index in [1.165, 1.54) is 0 Å². The highest BCUT2D eigenvalue weighted by atomic mass is 19.3. The van der Waals surface area contributed by atoms with E-state index >= 15 is 0 Å². The lowest BCUT2D eigenvalue weighted by Crippen LogP contribution is -2.41. The molecule has 5 nitrogen and oxygen atoms in total. The number of esters is 1. The Hall–Kier alpha value is -2.18. The van der Waals surface area contributed by atoms with Crippen LogP contribution in [-0.2, 0) is 20.9 Å². The lowest BCUT2D eigenvalue weighted by molar-refractivity contribution is -0.145. The fourth-order valence-electron chi connectivity index (χ4n) is 2.16. The number of methoxy groups -OCH3 is 1. The number of alkyl halides is 2. The zero-order valence-corrected chi connectivity index (χ0v) is 11.4. The Morgan fingerprint density at radius 3 is 2.62 bits per heavy atom. The van der Waals surface area contributed by atoms with Crippen LogP contribution in [0.1, 0.15) is 12.0 Å². The maximum atomic E-state index is 13.4. The van der Waals surface area contributed by atoms with Crippen molar-refractivity contribution in [2.24, 2.45) is 0 Å². The number of ether oxygens (including phenoxy) is 2. The van der Waals surface area contributed by atoms with Gasteiger partial charge in [-0.1, -0.05) is 30.3 Å². The molecule has 1 aliphatic rings. The van der Waals surface area contributed by atoms with Crippen molar-refractivity contribution in [3.8, 4) is 0 Å². The van der Waals surface area contributed by atoms with E-state index in [9.17, 15) is 18.4 Å². The minimum Gasteiger partial charge on any atom is -0.467 e. The van der Waals surface area contributed by atoms with Gasteiger partial charge in [0, 0.05) is 6.42 Å².